The number of aliphatic imine (C=N–C) groups is 1. The zero-order chi connectivity index (χ0) is 32.3. The van der Waals surface area contributed by atoms with E-state index in [1.165, 1.54) is 20.4 Å². The highest BCUT2D eigenvalue weighted by Gasteiger charge is 2.36. The molecule has 0 saturated carbocycles. The van der Waals surface area contributed by atoms with Gasteiger partial charge in [-0.1, -0.05) is 0 Å². The normalized spacial score (nSPS) is 17.3. The Hall–Kier alpha value is -4.52. The molecule has 0 radical (unpaired) electrons. The maximum absolute atomic E-state index is 15.4. The molecule has 2 heterocycles. The van der Waals surface area contributed by atoms with Gasteiger partial charge in [-0.3, -0.25) is 14.7 Å². The van der Waals surface area contributed by atoms with Crippen LogP contribution in [0.15, 0.2) is 29.3 Å². The minimum absolute atomic E-state index is 0.0628. The number of anilines is 2. The van der Waals surface area contributed by atoms with Crippen molar-refractivity contribution < 1.29 is 28.2 Å². The standard InChI is InChI=1S/C31H40FN7O5/c1-17-14-38(15-18(2)39(17)30(41)44-31(3,4)5)20-9-10-23-21(12-20)26(29(40)35-7)37-28(36-23)22-11-19(13-34-6)25(33)24(32)27(22)43-16-42-8/h9-13,17-18H,14-16,33H2,1-8H3,(H,35,40)/t17-,18-/m0/s1. The number of fused-ring (bicyclic) bond motifs is 1. The van der Waals surface area contributed by atoms with E-state index in [9.17, 15) is 9.59 Å². The molecule has 0 aliphatic carbocycles. The zero-order valence-electron chi connectivity index (χ0n) is 26.4. The molecule has 13 heteroatoms. The number of amides is 2. The van der Waals surface area contributed by atoms with Gasteiger partial charge in [0.2, 0.25) is 0 Å². The summed E-state index contributed by atoms with van der Waals surface area (Å²) < 4.78 is 31.6. The first-order valence-corrected chi connectivity index (χ1v) is 14.3. The van der Waals surface area contributed by atoms with E-state index in [1.807, 2.05) is 46.8 Å². The first-order chi connectivity index (χ1) is 20.8. The second-order valence-corrected chi connectivity index (χ2v) is 11.7. The molecule has 1 aliphatic rings. The Bertz CT molecular complexity index is 1580. The van der Waals surface area contributed by atoms with Gasteiger partial charge in [0.15, 0.2) is 24.2 Å². The molecule has 2 amide bonds. The Kier molecular flexibility index (Phi) is 9.57. The number of hydrogen-bond donors (Lipinski definition) is 2. The number of nitrogen functional groups attached to an aromatic ring is 1. The summed E-state index contributed by atoms with van der Waals surface area (Å²) in [5.74, 6) is -1.41. The number of ether oxygens (including phenoxy) is 3. The molecule has 44 heavy (non-hydrogen) atoms. The van der Waals surface area contributed by atoms with E-state index in [4.69, 9.17) is 24.9 Å². The van der Waals surface area contributed by atoms with E-state index >= 15 is 4.39 Å². The molecule has 3 N–H and O–H groups in total. The predicted molar refractivity (Wildman–Crippen MR) is 168 cm³/mol. The van der Waals surface area contributed by atoms with Crippen molar-refractivity contribution in [2.75, 3.05) is 51.7 Å². The summed E-state index contributed by atoms with van der Waals surface area (Å²) in [6.07, 6.45) is 1.07. The summed E-state index contributed by atoms with van der Waals surface area (Å²) in [5.41, 5.74) is 7.15. The van der Waals surface area contributed by atoms with Gasteiger partial charge in [0.1, 0.15) is 11.3 Å². The minimum Gasteiger partial charge on any atom is -0.464 e. The van der Waals surface area contributed by atoms with Gasteiger partial charge >= 0.3 is 6.09 Å². The van der Waals surface area contributed by atoms with E-state index in [1.54, 1.807) is 24.1 Å². The van der Waals surface area contributed by atoms with Gasteiger partial charge in [-0.2, -0.15) is 0 Å². The number of methoxy groups -OCH3 is 1. The van der Waals surface area contributed by atoms with Crippen LogP contribution in [0.5, 0.6) is 5.75 Å². The fourth-order valence-electron chi connectivity index (χ4n) is 5.27. The van der Waals surface area contributed by atoms with Crippen LogP contribution in [0, 0.1) is 5.82 Å². The minimum atomic E-state index is -0.816. The van der Waals surface area contributed by atoms with Crippen LogP contribution < -0.4 is 20.7 Å². The van der Waals surface area contributed by atoms with E-state index in [0.717, 1.165) is 5.69 Å². The lowest BCUT2D eigenvalue weighted by molar-refractivity contribution is 0.00564. The summed E-state index contributed by atoms with van der Waals surface area (Å²) in [7, 11) is 4.45. The lowest BCUT2D eigenvalue weighted by Crippen LogP contribution is -2.59. The van der Waals surface area contributed by atoms with Crippen molar-refractivity contribution in [2.24, 2.45) is 4.99 Å². The molecule has 1 saturated heterocycles. The Morgan fingerprint density at radius 3 is 2.45 bits per heavy atom. The maximum Gasteiger partial charge on any atom is 0.410 e. The van der Waals surface area contributed by atoms with Gasteiger partial charge in [-0.15, -0.1) is 0 Å². The third-order valence-electron chi connectivity index (χ3n) is 7.13. The number of carbonyl (C=O) groups excluding carboxylic acids is 2. The topological polar surface area (TPSA) is 145 Å². The third kappa shape index (κ3) is 6.67. The largest absolute Gasteiger partial charge is 0.464 e. The first-order valence-electron chi connectivity index (χ1n) is 14.3. The lowest BCUT2D eigenvalue weighted by atomic mass is 10.0. The van der Waals surface area contributed by atoms with Gasteiger partial charge in [0, 0.05) is 57.1 Å². The Morgan fingerprint density at radius 2 is 1.86 bits per heavy atom. The van der Waals surface area contributed by atoms with E-state index in [2.05, 4.69) is 20.2 Å². The van der Waals surface area contributed by atoms with Crippen molar-refractivity contribution in [1.82, 2.24) is 20.2 Å². The Labute approximate surface area is 256 Å². The van der Waals surface area contributed by atoms with Crippen molar-refractivity contribution in [3.05, 3.63) is 41.3 Å². The average molecular weight is 610 g/mol. The molecule has 0 unspecified atom stereocenters. The van der Waals surface area contributed by atoms with E-state index in [-0.39, 0.29) is 53.5 Å². The summed E-state index contributed by atoms with van der Waals surface area (Å²) in [5, 5.41) is 3.14. The van der Waals surface area contributed by atoms with Crippen molar-refractivity contribution in [3.8, 4) is 17.1 Å². The molecule has 1 fully saturated rings. The van der Waals surface area contributed by atoms with Gasteiger partial charge in [0.05, 0.1) is 28.9 Å². The Morgan fingerprint density at radius 1 is 1.18 bits per heavy atom. The van der Waals surface area contributed by atoms with Crippen LogP contribution in [-0.4, -0.2) is 91.9 Å². The van der Waals surface area contributed by atoms with Crippen LogP contribution in [0.25, 0.3) is 22.3 Å². The molecule has 4 rings (SSSR count). The van der Waals surface area contributed by atoms with Crippen LogP contribution in [0.2, 0.25) is 0 Å². The number of nitrogens with two attached hydrogens (primary N) is 1. The fourth-order valence-corrected chi connectivity index (χ4v) is 5.27. The van der Waals surface area contributed by atoms with Gasteiger partial charge < -0.3 is 30.2 Å². The fraction of sp³-hybridized carbons (Fsp3) is 0.452. The summed E-state index contributed by atoms with van der Waals surface area (Å²) in [4.78, 5) is 43.2. The molecule has 2 atom stereocenters. The molecule has 12 nitrogen and oxygen atoms in total. The SMILES string of the molecule is CN=Cc1cc(-c2nc(C(=O)NC)c3cc(N4C[C@H](C)N(C(=O)OC(C)(C)C)[C@@H](C)C4)ccc3n2)c(OCOC)c(F)c1N. The average Bonchev–Trinajstić information content (AvgIpc) is 2.96. The van der Waals surface area contributed by atoms with Gasteiger partial charge in [-0.25, -0.2) is 19.2 Å². The second kappa shape index (κ2) is 13.0. The number of hydrogen-bond acceptors (Lipinski definition) is 10. The highest BCUT2D eigenvalue weighted by Crippen LogP contribution is 2.37. The van der Waals surface area contributed by atoms with Gasteiger partial charge in [0.25, 0.3) is 5.91 Å². The van der Waals surface area contributed by atoms with Crippen molar-refractivity contribution in [1.29, 1.82) is 0 Å². The van der Waals surface area contributed by atoms with Crippen LogP contribution in [0.4, 0.5) is 20.6 Å². The lowest BCUT2D eigenvalue weighted by Gasteiger charge is -2.45. The van der Waals surface area contributed by atoms with Crippen molar-refractivity contribution >= 4 is 40.5 Å². The number of benzene rings is 2. The van der Waals surface area contributed by atoms with E-state index in [0.29, 0.717) is 29.6 Å². The van der Waals surface area contributed by atoms with E-state index < -0.39 is 17.3 Å². The molecule has 1 aliphatic heterocycles. The molecule has 236 valence electrons. The number of rotatable bonds is 7. The quantitative estimate of drug-likeness (QED) is 0.228. The number of nitrogens with one attached hydrogen (secondary N) is 1. The van der Waals surface area contributed by atoms with Crippen molar-refractivity contribution in [3.63, 3.8) is 0 Å². The molecule has 0 spiro atoms. The summed E-state index contributed by atoms with van der Waals surface area (Å²) in [6, 6.07) is 6.84. The predicted octanol–water partition coefficient (Wildman–Crippen LogP) is 4.24. The van der Waals surface area contributed by atoms with Crippen LogP contribution >= 0.6 is 0 Å². The second-order valence-electron chi connectivity index (χ2n) is 11.7. The van der Waals surface area contributed by atoms with Crippen LogP contribution in [-0.2, 0) is 9.47 Å². The van der Waals surface area contributed by atoms with Crippen LogP contribution in [0.1, 0.15) is 50.7 Å². The Balaban J connectivity index is 1.79. The van der Waals surface area contributed by atoms with Crippen LogP contribution in [0.3, 0.4) is 0 Å². The summed E-state index contributed by atoms with van der Waals surface area (Å²) in [6.45, 7) is 10.3. The molecule has 0 bridgehead atoms. The summed E-state index contributed by atoms with van der Waals surface area (Å²) >= 11 is 0. The molecule has 1 aromatic heterocycles. The highest BCUT2D eigenvalue weighted by atomic mass is 19.1. The number of aromatic nitrogens is 2. The maximum atomic E-state index is 15.4. The smallest absolute Gasteiger partial charge is 0.410 e. The van der Waals surface area contributed by atoms with Crippen molar-refractivity contribution in [2.45, 2.75) is 52.3 Å². The van der Waals surface area contributed by atoms with Gasteiger partial charge in [-0.05, 0) is 58.9 Å². The molecule has 2 aromatic carbocycles. The molecule has 3 aromatic rings. The zero-order valence-corrected chi connectivity index (χ0v) is 26.4. The molecular formula is C31H40FN7O5. The number of halogens is 1. The molecular weight excluding hydrogens is 569 g/mol. The third-order valence-corrected chi connectivity index (χ3v) is 7.13. The number of piperazine rings is 1. The monoisotopic (exact) mass is 609 g/mol. The number of nitrogens with zero attached hydrogens (tertiary/aromatic N) is 5. The number of carbonyl (C=O) groups is 2. The first kappa shape index (κ1) is 32.4. The highest BCUT2D eigenvalue weighted by molar-refractivity contribution is 6.06.